The Bertz CT molecular complexity index is 787. The number of rotatable bonds is 8. The first-order valence-corrected chi connectivity index (χ1v) is 9.36. The third-order valence-corrected chi connectivity index (χ3v) is 4.24. The fourth-order valence-corrected chi connectivity index (χ4v) is 2.88. The lowest BCUT2D eigenvalue weighted by atomic mass is 10.0. The van der Waals surface area contributed by atoms with E-state index in [9.17, 15) is 4.79 Å². The van der Waals surface area contributed by atoms with Gasteiger partial charge in [0.1, 0.15) is 6.61 Å². The molecule has 2 aromatic carbocycles. The van der Waals surface area contributed by atoms with Gasteiger partial charge in [-0.15, -0.1) is 0 Å². The zero-order valence-corrected chi connectivity index (χ0v) is 16.9. The monoisotopic (exact) mass is 417 g/mol. The highest BCUT2D eigenvalue weighted by Gasteiger charge is 2.14. The van der Waals surface area contributed by atoms with E-state index < -0.39 is 0 Å². The van der Waals surface area contributed by atoms with Crippen molar-refractivity contribution in [1.29, 1.82) is 0 Å². The van der Waals surface area contributed by atoms with Gasteiger partial charge < -0.3 is 14.8 Å². The third kappa shape index (κ3) is 5.11. The molecule has 1 amide bonds. The van der Waals surface area contributed by atoms with Crippen molar-refractivity contribution in [2.24, 2.45) is 0 Å². The number of carbonyl (C=O) groups excluding carboxylic acids is 1. The Morgan fingerprint density at radius 2 is 1.96 bits per heavy atom. The Morgan fingerprint density at radius 1 is 1.19 bits per heavy atom. The van der Waals surface area contributed by atoms with E-state index in [1.807, 2.05) is 25.1 Å². The van der Waals surface area contributed by atoms with E-state index in [-0.39, 0.29) is 11.8 Å². The minimum Gasteiger partial charge on any atom is -0.490 e. The Kier molecular flexibility index (Phi) is 7.27. The van der Waals surface area contributed by atoms with Gasteiger partial charge in [0, 0.05) is 15.7 Å². The smallest absolute Gasteiger partial charge is 0.255 e. The second-order valence-corrected chi connectivity index (χ2v) is 6.95. The van der Waals surface area contributed by atoms with Crippen molar-refractivity contribution >= 4 is 27.5 Å². The van der Waals surface area contributed by atoms with Crippen molar-refractivity contribution in [1.82, 2.24) is 0 Å². The molecule has 4 nitrogen and oxygen atoms in total. The van der Waals surface area contributed by atoms with Crippen LogP contribution in [0.2, 0.25) is 0 Å². The summed E-state index contributed by atoms with van der Waals surface area (Å²) in [6.07, 6.45) is 1.66. The minimum atomic E-state index is -0.189. The summed E-state index contributed by atoms with van der Waals surface area (Å²) in [5, 5.41) is 3.00. The molecule has 0 saturated heterocycles. The Balaban J connectivity index is 2.27. The lowest BCUT2D eigenvalue weighted by Gasteiger charge is -2.16. The standard InChI is InChI=1S/C21H24BrNO3/c1-5-11-26-19-10-7-15(12-20(19)25-6-2)21(24)23-18-9-8-16(22)13-17(18)14(3)4/h5,7-10,12-14H,1,6,11H2,2-4H3,(H,23,24). The Hall–Kier alpha value is -2.27. The van der Waals surface area contributed by atoms with Crippen molar-refractivity contribution in [2.45, 2.75) is 26.7 Å². The number of nitrogens with one attached hydrogen (secondary N) is 1. The molecule has 0 saturated carbocycles. The van der Waals surface area contributed by atoms with Gasteiger partial charge in [-0.3, -0.25) is 4.79 Å². The van der Waals surface area contributed by atoms with Gasteiger partial charge in [-0.05, 0) is 54.8 Å². The van der Waals surface area contributed by atoms with Gasteiger partial charge in [0.2, 0.25) is 0 Å². The van der Waals surface area contributed by atoms with Crippen molar-refractivity contribution in [3.05, 3.63) is 64.7 Å². The molecule has 0 fully saturated rings. The molecule has 0 aliphatic rings. The summed E-state index contributed by atoms with van der Waals surface area (Å²) < 4.78 is 12.2. The number of hydrogen-bond acceptors (Lipinski definition) is 3. The summed E-state index contributed by atoms with van der Waals surface area (Å²) in [6, 6.07) is 11.0. The maximum Gasteiger partial charge on any atom is 0.255 e. The topological polar surface area (TPSA) is 47.6 Å². The van der Waals surface area contributed by atoms with E-state index in [1.54, 1.807) is 24.3 Å². The van der Waals surface area contributed by atoms with Crippen LogP contribution in [0.4, 0.5) is 5.69 Å². The summed E-state index contributed by atoms with van der Waals surface area (Å²) >= 11 is 3.48. The highest BCUT2D eigenvalue weighted by molar-refractivity contribution is 9.10. The molecule has 26 heavy (non-hydrogen) atoms. The van der Waals surface area contributed by atoms with Crippen LogP contribution in [0.1, 0.15) is 42.6 Å². The lowest BCUT2D eigenvalue weighted by Crippen LogP contribution is -2.14. The first kappa shape index (κ1) is 20.0. The average Bonchev–Trinajstić information content (AvgIpc) is 2.62. The van der Waals surface area contributed by atoms with Crippen molar-refractivity contribution in [2.75, 3.05) is 18.5 Å². The second kappa shape index (κ2) is 9.43. The first-order chi connectivity index (χ1) is 12.5. The zero-order valence-electron chi connectivity index (χ0n) is 15.3. The largest absolute Gasteiger partial charge is 0.490 e. The predicted octanol–water partition coefficient (Wildman–Crippen LogP) is 5.79. The Morgan fingerprint density at radius 3 is 2.62 bits per heavy atom. The van der Waals surface area contributed by atoms with Crippen LogP contribution in [0.3, 0.4) is 0 Å². The van der Waals surface area contributed by atoms with Crippen LogP contribution in [0, 0.1) is 0 Å². The maximum absolute atomic E-state index is 12.7. The van der Waals surface area contributed by atoms with Crippen LogP contribution >= 0.6 is 15.9 Å². The highest BCUT2D eigenvalue weighted by Crippen LogP contribution is 2.31. The van der Waals surface area contributed by atoms with Gasteiger partial charge in [-0.1, -0.05) is 42.4 Å². The molecule has 0 aliphatic carbocycles. The van der Waals surface area contributed by atoms with E-state index in [4.69, 9.17) is 9.47 Å². The summed E-state index contributed by atoms with van der Waals surface area (Å²) in [5.41, 5.74) is 2.39. The average molecular weight is 418 g/mol. The van der Waals surface area contributed by atoms with Crippen molar-refractivity contribution in [3.63, 3.8) is 0 Å². The molecule has 0 unspecified atom stereocenters. The molecule has 0 bridgehead atoms. The van der Waals surface area contributed by atoms with E-state index in [0.717, 1.165) is 15.7 Å². The minimum absolute atomic E-state index is 0.189. The first-order valence-electron chi connectivity index (χ1n) is 8.57. The van der Waals surface area contributed by atoms with Gasteiger partial charge >= 0.3 is 0 Å². The molecule has 0 aromatic heterocycles. The van der Waals surface area contributed by atoms with Crippen LogP contribution < -0.4 is 14.8 Å². The second-order valence-electron chi connectivity index (χ2n) is 6.03. The van der Waals surface area contributed by atoms with E-state index in [0.29, 0.717) is 30.3 Å². The number of ether oxygens (including phenoxy) is 2. The van der Waals surface area contributed by atoms with Gasteiger partial charge in [0.15, 0.2) is 11.5 Å². The summed E-state index contributed by atoms with van der Waals surface area (Å²) in [7, 11) is 0. The molecule has 2 rings (SSSR count). The third-order valence-electron chi connectivity index (χ3n) is 3.75. The lowest BCUT2D eigenvalue weighted by molar-refractivity contribution is 0.102. The van der Waals surface area contributed by atoms with Gasteiger partial charge in [0.05, 0.1) is 6.61 Å². The molecule has 2 aromatic rings. The molecular formula is C21H24BrNO3. The van der Waals surface area contributed by atoms with E-state index in [2.05, 4.69) is 41.7 Å². The van der Waals surface area contributed by atoms with Gasteiger partial charge in [-0.25, -0.2) is 0 Å². The fraction of sp³-hybridized carbons (Fsp3) is 0.286. The number of benzene rings is 2. The molecule has 0 spiro atoms. The predicted molar refractivity (Wildman–Crippen MR) is 109 cm³/mol. The molecule has 138 valence electrons. The van der Waals surface area contributed by atoms with Gasteiger partial charge in [-0.2, -0.15) is 0 Å². The summed E-state index contributed by atoms with van der Waals surface area (Å²) in [6.45, 7) is 10.6. The highest BCUT2D eigenvalue weighted by atomic mass is 79.9. The van der Waals surface area contributed by atoms with Gasteiger partial charge in [0.25, 0.3) is 5.91 Å². The van der Waals surface area contributed by atoms with Crippen LogP contribution in [-0.4, -0.2) is 19.1 Å². The molecule has 0 atom stereocenters. The van der Waals surface area contributed by atoms with Crippen molar-refractivity contribution in [3.8, 4) is 11.5 Å². The number of carbonyl (C=O) groups is 1. The summed E-state index contributed by atoms with van der Waals surface area (Å²) in [4.78, 5) is 12.7. The van der Waals surface area contributed by atoms with Crippen molar-refractivity contribution < 1.29 is 14.3 Å². The SMILES string of the molecule is C=CCOc1ccc(C(=O)Nc2ccc(Br)cc2C(C)C)cc1OCC. The molecule has 0 aliphatic heterocycles. The Labute approximate surface area is 163 Å². The van der Waals surface area contributed by atoms with Crippen LogP contribution in [0.25, 0.3) is 0 Å². The zero-order chi connectivity index (χ0) is 19.1. The number of halogens is 1. The molecule has 0 heterocycles. The van der Waals surface area contributed by atoms with Crippen LogP contribution in [0.15, 0.2) is 53.5 Å². The molecular weight excluding hydrogens is 394 g/mol. The van der Waals surface area contributed by atoms with Crippen LogP contribution in [0.5, 0.6) is 11.5 Å². The molecule has 5 heteroatoms. The molecule has 0 radical (unpaired) electrons. The normalized spacial score (nSPS) is 10.5. The van der Waals surface area contributed by atoms with Crippen LogP contribution in [-0.2, 0) is 0 Å². The van der Waals surface area contributed by atoms with E-state index >= 15 is 0 Å². The molecule has 1 N–H and O–H groups in total. The number of amides is 1. The fourth-order valence-electron chi connectivity index (χ4n) is 2.51. The number of hydrogen-bond donors (Lipinski definition) is 1. The quantitative estimate of drug-likeness (QED) is 0.552. The number of anilines is 1. The maximum atomic E-state index is 12.7. The summed E-state index contributed by atoms with van der Waals surface area (Å²) in [5.74, 6) is 1.23. The van der Waals surface area contributed by atoms with E-state index in [1.165, 1.54) is 0 Å².